The van der Waals surface area contributed by atoms with Crippen molar-refractivity contribution in [1.29, 1.82) is 0 Å². The van der Waals surface area contributed by atoms with Crippen molar-refractivity contribution in [3.63, 3.8) is 0 Å². The Bertz CT molecular complexity index is 658. The maximum atomic E-state index is 10.9. The molecule has 0 aromatic heterocycles. The van der Waals surface area contributed by atoms with Crippen molar-refractivity contribution in [3.05, 3.63) is 62.1 Å². The van der Waals surface area contributed by atoms with E-state index in [4.69, 9.17) is 4.74 Å². The molecule has 0 aliphatic heterocycles. The highest BCUT2D eigenvalue weighted by Gasteiger charge is 2.17. The number of aryl methyl sites for hydroxylation is 1. The van der Waals surface area contributed by atoms with Gasteiger partial charge in [0.1, 0.15) is 16.0 Å². The third kappa shape index (κ3) is 2.97. The van der Waals surface area contributed by atoms with Crippen LogP contribution >= 0.6 is 15.9 Å². The number of aliphatic hydroxyl groups excluding tert-OH is 1. The molecule has 2 aromatic carbocycles. The second-order valence-corrected chi connectivity index (χ2v) is 5.01. The molecule has 104 valence electrons. The zero-order valence-electron chi connectivity index (χ0n) is 10.7. The highest BCUT2D eigenvalue weighted by molar-refractivity contribution is 9.10. The van der Waals surface area contributed by atoms with E-state index < -0.39 is 4.92 Å². The summed E-state index contributed by atoms with van der Waals surface area (Å²) < 4.78 is 5.94. The number of nitrogens with zero attached hydrogens (tertiary/aromatic N) is 1. The van der Waals surface area contributed by atoms with Gasteiger partial charge in [0.05, 0.1) is 11.5 Å². The van der Waals surface area contributed by atoms with Gasteiger partial charge in [-0.3, -0.25) is 10.1 Å². The lowest BCUT2D eigenvalue weighted by molar-refractivity contribution is -0.385. The SMILES string of the molecule is Cc1ccc(Oc2cccc([N+](=O)[O-])c2Br)c(CO)c1. The predicted molar refractivity (Wildman–Crippen MR) is 78.0 cm³/mol. The normalized spacial score (nSPS) is 10.3. The second-order valence-electron chi connectivity index (χ2n) is 4.22. The molecular formula is C14H12BrNO4. The Morgan fingerprint density at radius 1 is 1.30 bits per heavy atom. The largest absolute Gasteiger partial charge is 0.456 e. The van der Waals surface area contributed by atoms with E-state index >= 15 is 0 Å². The maximum absolute atomic E-state index is 10.9. The minimum atomic E-state index is -0.487. The molecule has 5 nitrogen and oxygen atoms in total. The van der Waals surface area contributed by atoms with Crippen LogP contribution in [0.15, 0.2) is 40.9 Å². The minimum absolute atomic E-state index is 0.0693. The predicted octanol–water partition coefficient (Wildman–Crippen LogP) is 3.95. The van der Waals surface area contributed by atoms with E-state index in [0.717, 1.165) is 5.56 Å². The lowest BCUT2D eigenvalue weighted by atomic mass is 10.1. The first-order valence-electron chi connectivity index (χ1n) is 5.84. The Balaban J connectivity index is 2.40. The van der Waals surface area contributed by atoms with Crippen LogP contribution in [0.2, 0.25) is 0 Å². The summed E-state index contributed by atoms with van der Waals surface area (Å²) in [5, 5.41) is 20.2. The fourth-order valence-electron chi connectivity index (χ4n) is 1.77. The van der Waals surface area contributed by atoms with Crippen molar-refractivity contribution in [2.75, 3.05) is 0 Å². The smallest absolute Gasteiger partial charge is 0.287 e. The quantitative estimate of drug-likeness (QED) is 0.677. The molecule has 0 saturated heterocycles. The zero-order valence-corrected chi connectivity index (χ0v) is 12.3. The van der Waals surface area contributed by atoms with Crippen LogP contribution in [0.25, 0.3) is 0 Å². The molecule has 0 unspecified atom stereocenters. The molecule has 0 spiro atoms. The van der Waals surface area contributed by atoms with Gasteiger partial charge in [0, 0.05) is 11.6 Å². The highest BCUT2D eigenvalue weighted by Crippen LogP contribution is 2.37. The third-order valence-electron chi connectivity index (χ3n) is 2.75. The number of rotatable bonds is 4. The van der Waals surface area contributed by atoms with Crippen LogP contribution in [0.3, 0.4) is 0 Å². The van der Waals surface area contributed by atoms with E-state index in [2.05, 4.69) is 15.9 Å². The minimum Gasteiger partial charge on any atom is -0.456 e. The molecule has 0 aliphatic rings. The average molecular weight is 338 g/mol. The lowest BCUT2D eigenvalue weighted by Crippen LogP contribution is -1.95. The van der Waals surface area contributed by atoms with Crippen molar-refractivity contribution in [2.24, 2.45) is 0 Å². The van der Waals surface area contributed by atoms with Crippen molar-refractivity contribution in [1.82, 2.24) is 0 Å². The summed E-state index contributed by atoms with van der Waals surface area (Å²) in [6.07, 6.45) is 0. The Morgan fingerprint density at radius 2 is 2.05 bits per heavy atom. The molecule has 6 heteroatoms. The van der Waals surface area contributed by atoms with E-state index in [-0.39, 0.29) is 16.8 Å². The van der Waals surface area contributed by atoms with Gasteiger partial charge in [-0.25, -0.2) is 0 Å². The highest BCUT2D eigenvalue weighted by atomic mass is 79.9. The van der Waals surface area contributed by atoms with Crippen molar-refractivity contribution < 1.29 is 14.8 Å². The number of aliphatic hydroxyl groups is 1. The van der Waals surface area contributed by atoms with Crippen LogP contribution in [-0.4, -0.2) is 10.0 Å². The fourth-order valence-corrected chi connectivity index (χ4v) is 2.26. The van der Waals surface area contributed by atoms with E-state index in [1.165, 1.54) is 6.07 Å². The fraction of sp³-hybridized carbons (Fsp3) is 0.143. The Morgan fingerprint density at radius 3 is 2.70 bits per heavy atom. The molecule has 0 radical (unpaired) electrons. The Labute approximate surface area is 124 Å². The summed E-state index contributed by atoms with van der Waals surface area (Å²) in [6.45, 7) is 1.75. The topological polar surface area (TPSA) is 72.6 Å². The molecule has 2 rings (SSSR count). The number of hydrogen-bond donors (Lipinski definition) is 1. The number of hydrogen-bond acceptors (Lipinski definition) is 4. The molecule has 0 amide bonds. The van der Waals surface area contributed by atoms with Crippen LogP contribution in [0.4, 0.5) is 5.69 Å². The zero-order chi connectivity index (χ0) is 14.7. The Hall–Kier alpha value is -1.92. The summed E-state index contributed by atoms with van der Waals surface area (Å²) in [4.78, 5) is 10.4. The summed E-state index contributed by atoms with van der Waals surface area (Å²) in [7, 11) is 0. The van der Waals surface area contributed by atoms with Gasteiger partial charge in [-0.05, 0) is 35.0 Å². The van der Waals surface area contributed by atoms with Gasteiger partial charge in [-0.1, -0.05) is 23.8 Å². The number of nitro groups is 1. The van der Waals surface area contributed by atoms with Crippen LogP contribution < -0.4 is 4.74 Å². The van der Waals surface area contributed by atoms with E-state index in [0.29, 0.717) is 17.1 Å². The standard InChI is InChI=1S/C14H12BrNO4/c1-9-5-6-12(10(7-9)8-17)20-13-4-2-3-11(14(13)15)16(18)19/h2-7,17H,8H2,1H3. The monoisotopic (exact) mass is 337 g/mol. The van der Waals surface area contributed by atoms with Gasteiger partial charge in [0.25, 0.3) is 5.69 Å². The molecule has 0 aliphatic carbocycles. The van der Waals surface area contributed by atoms with Crippen LogP contribution in [0.5, 0.6) is 11.5 Å². The number of ether oxygens (including phenoxy) is 1. The summed E-state index contributed by atoms with van der Waals surface area (Å²) in [5.74, 6) is 0.803. The molecule has 2 aromatic rings. The maximum Gasteiger partial charge on any atom is 0.287 e. The summed E-state index contributed by atoms with van der Waals surface area (Å²) >= 11 is 3.17. The van der Waals surface area contributed by atoms with E-state index in [1.807, 2.05) is 13.0 Å². The molecule has 1 N–H and O–H groups in total. The first kappa shape index (κ1) is 14.5. The number of nitro benzene ring substituents is 1. The van der Waals surface area contributed by atoms with Gasteiger partial charge in [-0.2, -0.15) is 0 Å². The summed E-state index contributed by atoms with van der Waals surface area (Å²) in [6, 6.07) is 9.94. The lowest BCUT2D eigenvalue weighted by Gasteiger charge is -2.11. The van der Waals surface area contributed by atoms with Crippen molar-refractivity contribution >= 4 is 21.6 Å². The molecular weight excluding hydrogens is 326 g/mol. The Kier molecular flexibility index (Phi) is 4.36. The number of halogens is 1. The van der Waals surface area contributed by atoms with Crippen molar-refractivity contribution in [3.8, 4) is 11.5 Å². The first-order valence-corrected chi connectivity index (χ1v) is 6.63. The first-order chi connectivity index (χ1) is 9.52. The average Bonchev–Trinajstić information content (AvgIpc) is 2.42. The van der Waals surface area contributed by atoms with Gasteiger partial charge in [0.15, 0.2) is 0 Å². The van der Waals surface area contributed by atoms with E-state index in [1.54, 1.807) is 24.3 Å². The second kappa shape index (κ2) is 6.02. The van der Waals surface area contributed by atoms with Crippen molar-refractivity contribution in [2.45, 2.75) is 13.5 Å². The van der Waals surface area contributed by atoms with Gasteiger partial charge < -0.3 is 9.84 Å². The molecule has 0 atom stereocenters. The molecule has 0 heterocycles. The van der Waals surface area contributed by atoms with E-state index in [9.17, 15) is 15.2 Å². The van der Waals surface area contributed by atoms with Crippen LogP contribution in [0.1, 0.15) is 11.1 Å². The molecule has 0 fully saturated rings. The van der Waals surface area contributed by atoms with Gasteiger partial charge in [0.2, 0.25) is 0 Å². The van der Waals surface area contributed by atoms with Crippen LogP contribution in [-0.2, 0) is 6.61 Å². The molecule has 0 saturated carbocycles. The molecule has 0 bridgehead atoms. The molecule has 20 heavy (non-hydrogen) atoms. The third-order valence-corrected chi connectivity index (χ3v) is 3.54. The number of benzene rings is 2. The van der Waals surface area contributed by atoms with Crippen LogP contribution in [0, 0.1) is 17.0 Å². The summed E-state index contributed by atoms with van der Waals surface area (Å²) in [5.41, 5.74) is 1.56. The van der Waals surface area contributed by atoms with Gasteiger partial charge >= 0.3 is 0 Å². The van der Waals surface area contributed by atoms with Gasteiger partial charge in [-0.15, -0.1) is 0 Å².